The molecule has 1 aliphatic heterocycles. The van der Waals surface area contributed by atoms with Crippen molar-refractivity contribution in [2.45, 2.75) is 25.7 Å². The van der Waals surface area contributed by atoms with Crippen molar-refractivity contribution in [1.82, 2.24) is 14.4 Å². The lowest BCUT2D eigenvalue weighted by molar-refractivity contribution is 0.0664. The van der Waals surface area contributed by atoms with Crippen molar-refractivity contribution in [3.05, 3.63) is 35.1 Å². The van der Waals surface area contributed by atoms with Crippen LogP contribution in [-0.4, -0.2) is 54.9 Å². The number of furan rings is 1. The van der Waals surface area contributed by atoms with Crippen LogP contribution in [0.4, 0.5) is 0 Å². The summed E-state index contributed by atoms with van der Waals surface area (Å²) in [6.07, 6.45) is 0. The summed E-state index contributed by atoms with van der Waals surface area (Å²) in [7, 11) is -3.67. The Bertz CT molecular complexity index is 840. The smallest absolute Gasteiger partial charge is 0.289 e. The van der Waals surface area contributed by atoms with Crippen molar-refractivity contribution in [1.29, 1.82) is 0 Å². The van der Waals surface area contributed by atoms with Crippen molar-refractivity contribution < 1.29 is 22.2 Å². The van der Waals surface area contributed by atoms with Crippen LogP contribution in [0.15, 0.2) is 26.0 Å². The predicted molar refractivity (Wildman–Crippen MR) is 84.1 cm³/mol. The number of carbonyl (C=O) groups excluding carboxylic acids is 1. The molecule has 0 N–H and O–H groups in total. The lowest BCUT2D eigenvalue weighted by Gasteiger charge is -2.33. The summed E-state index contributed by atoms with van der Waals surface area (Å²) in [5.74, 6) is 0.988. The van der Waals surface area contributed by atoms with Crippen molar-refractivity contribution in [2.24, 2.45) is 0 Å². The number of rotatable bonds is 3. The van der Waals surface area contributed by atoms with E-state index in [0.717, 1.165) is 0 Å². The van der Waals surface area contributed by atoms with Gasteiger partial charge in [-0.05, 0) is 32.9 Å². The average Bonchev–Trinajstić information content (AvgIpc) is 3.12. The van der Waals surface area contributed by atoms with Gasteiger partial charge in [-0.2, -0.15) is 4.31 Å². The van der Waals surface area contributed by atoms with Crippen LogP contribution in [0.1, 0.15) is 27.8 Å². The number of aromatic nitrogens is 1. The lowest BCUT2D eigenvalue weighted by atomic mass is 10.3. The highest BCUT2D eigenvalue weighted by Crippen LogP contribution is 2.24. The van der Waals surface area contributed by atoms with Gasteiger partial charge in [-0.3, -0.25) is 4.79 Å². The van der Waals surface area contributed by atoms with Gasteiger partial charge in [0.1, 0.15) is 16.3 Å². The van der Waals surface area contributed by atoms with Crippen molar-refractivity contribution in [2.75, 3.05) is 26.2 Å². The Kier molecular flexibility index (Phi) is 4.22. The molecule has 0 aliphatic carbocycles. The van der Waals surface area contributed by atoms with Crippen LogP contribution in [0.3, 0.4) is 0 Å². The van der Waals surface area contributed by atoms with Gasteiger partial charge in [0, 0.05) is 26.2 Å². The maximum absolute atomic E-state index is 12.7. The molecule has 0 radical (unpaired) electrons. The largest absolute Gasteiger partial charge is 0.456 e. The molecular formula is C15H19N3O5S. The molecule has 24 heavy (non-hydrogen) atoms. The molecule has 1 saturated heterocycles. The number of hydrogen-bond acceptors (Lipinski definition) is 6. The summed E-state index contributed by atoms with van der Waals surface area (Å²) in [6, 6.07) is 3.36. The summed E-state index contributed by atoms with van der Waals surface area (Å²) in [5, 5.41) is 3.70. The number of carbonyl (C=O) groups is 1. The van der Waals surface area contributed by atoms with Crippen molar-refractivity contribution in [3.8, 4) is 0 Å². The van der Waals surface area contributed by atoms with Gasteiger partial charge in [-0.15, -0.1) is 0 Å². The van der Waals surface area contributed by atoms with Crippen molar-refractivity contribution >= 4 is 15.9 Å². The SMILES string of the molecule is Cc1ccc(C(=O)N2CCN(S(=O)(=O)c3c(C)noc3C)CC2)o1. The van der Waals surface area contributed by atoms with Gasteiger partial charge in [0.05, 0.1) is 0 Å². The summed E-state index contributed by atoms with van der Waals surface area (Å²) in [4.78, 5) is 14.1. The van der Waals surface area contributed by atoms with Gasteiger partial charge in [0.25, 0.3) is 5.91 Å². The van der Waals surface area contributed by atoms with Gasteiger partial charge in [0.15, 0.2) is 11.5 Å². The fraction of sp³-hybridized carbons (Fsp3) is 0.467. The molecule has 3 rings (SSSR count). The normalized spacial score (nSPS) is 16.5. The fourth-order valence-corrected chi connectivity index (χ4v) is 4.52. The second-order valence-electron chi connectivity index (χ2n) is 5.76. The van der Waals surface area contributed by atoms with E-state index in [-0.39, 0.29) is 35.4 Å². The van der Waals surface area contributed by atoms with Crippen LogP contribution in [0.2, 0.25) is 0 Å². The van der Waals surface area contributed by atoms with Crippen LogP contribution in [0, 0.1) is 20.8 Å². The summed E-state index contributed by atoms with van der Waals surface area (Å²) in [5.41, 5.74) is 0.345. The van der Waals surface area contributed by atoms with E-state index in [0.29, 0.717) is 24.5 Å². The molecule has 0 unspecified atom stereocenters. The standard InChI is InChI=1S/C15H19N3O5S/c1-10-4-5-13(22-10)15(19)17-6-8-18(9-7-17)24(20,21)14-11(2)16-23-12(14)3/h4-5H,6-9H2,1-3H3. The van der Waals surface area contributed by atoms with Crippen LogP contribution in [0.5, 0.6) is 0 Å². The van der Waals surface area contributed by atoms with E-state index in [1.165, 1.54) is 4.31 Å². The Morgan fingerprint density at radius 1 is 1.12 bits per heavy atom. The zero-order chi connectivity index (χ0) is 17.5. The Labute approximate surface area is 140 Å². The molecule has 1 amide bonds. The lowest BCUT2D eigenvalue weighted by Crippen LogP contribution is -2.50. The number of hydrogen-bond donors (Lipinski definition) is 0. The molecule has 0 atom stereocenters. The topological polar surface area (TPSA) is 96.9 Å². The van der Waals surface area contributed by atoms with E-state index >= 15 is 0 Å². The fourth-order valence-electron chi connectivity index (χ4n) is 2.81. The first-order chi connectivity index (χ1) is 11.3. The minimum absolute atomic E-state index is 0.115. The first kappa shape index (κ1) is 16.7. The zero-order valence-corrected chi connectivity index (χ0v) is 14.6. The molecule has 130 valence electrons. The molecule has 9 heteroatoms. The Morgan fingerprint density at radius 2 is 1.79 bits per heavy atom. The molecule has 0 saturated carbocycles. The predicted octanol–water partition coefficient (Wildman–Crippen LogP) is 1.34. The molecule has 0 aromatic carbocycles. The number of sulfonamides is 1. The first-order valence-corrected chi connectivity index (χ1v) is 9.03. The maximum Gasteiger partial charge on any atom is 0.289 e. The Balaban J connectivity index is 1.72. The molecular weight excluding hydrogens is 334 g/mol. The van der Waals surface area contributed by atoms with Gasteiger partial charge in [-0.1, -0.05) is 5.16 Å². The Morgan fingerprint density at radius 3 is 2.29 bits per heavy atom. The third kappa shape index (κ3) is 2.84. The highest BCUT2D eigenvalue weighted by molar-refractivity contribution is 7.89. The van der Waals surface area contributed by atoms with E-state index in [9.17, 15) is 13.2 Å². The number of nitrogens with zero attached hydrogens (tertiary/aromatic N) is 3. The molecule has 0 spiro atoms. The molecule has 2 aromatic heterocycles. The zero-order valence-electron chi connectivity index (χ0n) is 13.8. The van der Waals surface area contributed by atoms with Crippen LogP contribution < -0.4 is 0 Å². The van der Waals surface area contributed by atoms with E-state index in [2.05, 4.69) is 5.16 Å². The monoisotopic (exact) mass is 353 g/mol. The van der Waals surface area contributed by atoms with Crippen LogP contribution >= 0.6 is 0 Å². The Hall–Kier alpha value is -2.13. The average molecular weight is 353 g/mol. The highest BCUT2D eigenvalue weighted by atomic mass is 32.2. The number of piperazine rings is 1. The molecule has 3 heterocycles. The maximum atomic E-state index is 12.7. The molecule has 2 aromatic rings. The first-order valence-electron chi connectivity index (χ1n) is 7.59. The molecule has 8 nitrogen and oxygen atoms in total. The summed E-state index contributed by atoms with van der Waals surface area (Å²) in [6.45, 7) is 6.00. The third-order valence-electron chi connectivity index (χ3n) is 4.04. The molecule has 1 aliphatic rings. The quantitative estimate of drug-likeness (QED) is 0.826. The van der Waals surface area contributed by atoms with E-state index in [4.69, 9.17) is 8.94 Å². The summed E-state index contributed by atoms with van der Waals surface area (Å²) >= 11 is 0. The van der Waals surface area contributed by atoms with Crippen LogP contribution in [0.25, 0.3) is 0 Å². The second kappa shape index (κ2) is 6.06. The minimum atomic E-state index is -3.67. The van der Waals surface area contributed by atoms with Gasteiger partial charge in [-0.25, -0.2) is 8.42 Å². The van der Waals surface area contributed by atoms with E-state index < -0.39 is 10.0 Å². The number of amides is 1. The van der Waals surface area contributed by atoms with Gasteiger partial charge < -0.3 is 13.8 Å². The minimum Gasteiger partial charge on any atom is -0.456 e. The van der Waals surface area contributed by atoms with E-state index in [1.54, 1.807) is 37.8 Å². The highest BCUT2D eigenvalue weighted by Gasteiger charge is 2.34. The van der Waals surface area contributed by atoms with Gasteiger partial charge in [0.2, 0.25) is 10.0 Å². The summed E-state index contributed by atoms with van der Waals surface area (Å²) < 4.78 is 37.1. The second-order valence-corrected chi connectivity index (χ2v) is 7.63. The molecule has 0 bridgehead atoms. The van der Waals surface area contributed by atoms with Crippen molar-refractivity contribution in [3.63, 3.8) is 0 Å². The number of aryl methyl sites for hydroxylation is 3. The van der Waals surface area contributed by atoms with Gasteiger partial charge >= 0.3 is 0 Å². The van der Waals surface area contributed by atoms with E-state index in [1.807, 2.05) is 0 Å². The third-order valence-corrected chi connectivity index (χ3v) is 6.19. The van der Waals surface area contributed by atoms with Crippen LogP contribution in [-0.2, 0) is 10.0 Å². The molecule has 1 fully saturated rings.